The lowest BCUT2D eigenvalue weighted by atomic mass is 10.0. The number of hydrogen-bond acceptors (Lipinski definition) is 4. The molecule has 2 aliphatic rings. The molecule has 1 unspecified atom stereocenters. The molecule has 1 N–H and O–H groups in total. The molecule has 1 aromatic carbocycles. The molecule has 1 atom stereocenters. The monoisotopic (exact) mass is 443 g/mol. The third kappa shape index (κ3) is 5.43. The number of nitrogens with zero attached hydrogens (tertiary/aromatic N) is 2. The van der Waals surface area contributed by atoms with E-state index in [1.54, 1.807) is 4.90 Å². The second kappa shape index (κ2) is 9.51. The van der Waals surface area contributed by atoms with Gasteiger partial charge in [0, 0.05) is 37.6 Å². The SMILES string of the molecule is Cc1ccc(C)c(OCC(=O)N2CCC(NC(=O)C3CC(=O)N(C(C)(C)C)C3)CC2)c1C. The Morgan fingerprint density at radius 3 is 2.31 bits per heavy atom. The number of piperidine rings is 1. The maximum Gasteiger partial charge on any atom is 0.260 e. The Kier molecular flexibility index (Phi) is 7.16. The van der Waals surface area contributed by atoms with Gasteiger partial charge in [-0.2, -0.15) is 0 Å². The van der Waals surface area contributed by atoms with Crippen LogP contribution in [0.2, 0.25) is 0 Å². The summed E-state index contributed by atoms with van der Waals surface area (Å²) in [5, 5.41) is 3.10. The largest absolute Gasteiger partial charge is 0.483 e. The molecule has 2 fully saturated rings. The first-order chi connectivity index (χ1) is 15.0. The highest BCUT2D eigenvalue weighted by atomic mass is 16.5. The molecule has 0 bridgehead atoms. The van der Waals surface area contributed by atoms with E-state index in [2.05, 4.69) is 11.4 Å². The van der Waals surface area contributed by atoms with Crippen molar-refractivity contribution in [2.75, 3.05) is 26.2 Å². The normalized spacial score (nSPS) is 19.9. The summed E-state index contributed by atoms with van der Waals surface area (Å²) < 4.78 is 5.87. The van der Waals surface area contributed by atoms with Gasteiger partial charge in [0.2, 0.25) is 11.8 Å². The minimum absolute atomic E-state index is 0.0228. The molecular formula is C25H37N3O4. The highest BCUT2D eigenvalue weighted by Gasteiger charge is 2.40. The van der Waals surface area contributed by atoms with E-state index in [9.17, 15) is 14.4 Å². The molecule has 176 valence electrons. The second-order valence-corrected chi connectivity index (χ2v) is 10.2. The van der Waals surface area contributed by atoms with Gasteiger partial charge in [-0.15, -0.1) is 0 Å². The Bertz CT molecular complexity index is 882. The van der Waals surface area contributed by atoms with Crippen molar-refractivity contribution in [2.24, 2.45) is 5.92 Å². The molecule has 0 saturated carbocycles. The number of aryl methyl sites for hydroxylation is 2. The summed E-state index contributed by atoms with van der Waals surface area (Å²) in [6.45, 7) is 13.7. The van der Waals surface area contributed by atoms with Gasteiger partial charge in [0.15, 0.2) is 6.61 Å². The number of benzene rings is 1. The van der Waals surface area contributed by atoms with Crippen molar-refractivity contribution in [3.05, 3.63) is 28.8 Å². The summed E-state index contributed by atoms with van der Waals surface area (Å²) in [7, 11) is 0. The van der Waals surface area contributed by atoms with Crippen LogP contribution in [0.25, 0.3) is 0 Å². The Morgan fingerprint density at radius 1 is 1.09 bits per heavy atom. The fourth-order valence-corrected chi connectivity index (χ4v) is 4.50. The molecular weight excluding hydrogens is 406 g/mol. The van der Waals surface area contributed by atoms with Gasteiger partial charge in [0.25, 0.3) is 5.91 Å². The number of amides is 3. The summed E-state index contributed by atoms with van der Waals surface area (Å²) >= 11 is 0. The molecule has 3 rings (SSSR count). The number of ether oxygens (including phenoxy) is 1. The number of hydrogen-bond donors (Lipinski definition) is 1. The van der Waals surface area contributed by atoms with Crippen LogP contribution < -0.4 is 10.1 Å². The van der Waals surface area contributed by atoms with E-state index in [0.717, 1.165) is 22.4 Å². The molecule has 2 aliphatic heterocycles. The maximum atomic E-state index is 12.7. The molecule has 1 aromatic rings. The quantitative estimate of drug-likeness (QED) is 0.759. The lowest BCUT2D eigenvalue weighted by Gasteiger charge is -2.33. The predicted molar refractivity (Wildman–Crippen MR) is 123 cm³/mol. The highest BCUT2D eigenvalue weighted by molar-refractivity contribution is 5.89. The Hall–Kier alpha value is -2.57. The van der Waals surface area contributed by atoms with Gasteiger partial charge in [0.1, 0.15) is 5.75 Å². The first kappa shape index (κ1) is 24.1. The van der Waals surface area contributed by atoms with Gasteiger partial charge in [-0.25, -0.2) is 0 Å². The van der Waals surface area contributed by atoms with Gasteiger partial charge < -0.3 is 19.9 Å². The first-order valence-electron chi connectivity index (χ1n) is 11.6. The molecule has 0 aliphatic carbocycles. The topological polar surface area (TPSA) is 79.0 Å². The summed E-state index contributed by atoms with van der Waals surface area (Å²) in [5.74, 6) is 0.449. The zero-order chi connectivity index (χ0) is 23.6. The van der Waals surface area contributed by atoms with E-state index < -0.39 is 0 Å². The standard InChI is InChI=1S/C25H37N3O4/c1-16-7-8-17(2)23(18(16)3)32-15-22(30)27-11-9-20(10-12-27)26-24(31)19-13-21(29)28(14-19)25(4,5)6/h7-8,19-20H,9-15H2,1-6H3,(H,26,31). The van der Waals surface area contributed by atoms with Gasteiger partial charge in [-0.1, -0.05) is 12.1 Å². The van der Waals surface area contributed by atoms with Gasteiger partial charge >= 0.3 is 0 Å². The second-order valence-electron chi connectivity index (χ2n) is 10.2. The first-order valence-corrected chi connectivity index (χ1v) is 11.6. The number of carbonyl (C=O) groups excluding carboxylic acids is 3. The van der Waals surface area contributed by atoms with E-state index in [1.807, 2.05) is 52.5 Å². The van der Waals surface area contributed by atoms with Crippen LogP contribution in [0.5, 0.6) is 5.75 Å². The van der Waals surface area contributed by atoms with E-state index in [0.29, 0.717) is 32.5 Å². The van der Waals surface area contributed by atoms with Crippen molar-refractivity contribution in [2.45, 2.75) is 72.4 Å². The minimum atomic E-state index is -0.296. The summed E-state index contributed by atoms with van der Waals surface area (Å²) in [6, 6.07) is 4.10. The van der Waals surface area contributed by atoms with Crippen LogP contribution in [0.15, 0.2) is 12.1 Å². The Labute approximate surface area is 191 Å². The lowest BCUT2D eigenvalue weighted by molar-refractivity contribution is -0.135. The van der Waals surface area contributed by atoms with Crippen LogP contribution in [0.3, 0.4) is 0 Å². The van der Waals surface area contributed by atoms with Crippen LogP contribution in [-0.2, 0) is 14.4 Å². The number of carbonyl (C=O) groups is 3. The smallest absolute Gasteiger partial charge is 0.260 e. The average Bonchev–Trinajstić information content (AvgIpc) is 3.13. The number of likely N-dealkylation sites (tertiary alicyclic amines) is 2. The van der Waals surface area contributed by atoms with Crippen LogP contribution in [-0.4, -0.2) is 65.3 Å². The molecule has 32 heavy (non-hydrogen) atoms. The fourth-order valence-electron chi connectivity index (χ4n) is 4.50. The number of rotatable bonds is 5. The molecule has 3 amide bonds. The molecule has 7 heteroatoms. The molecule has 0 radical (unpaired) electrons. The molecule has 2 saturated heterocycles. The van der Waals surface area contributed by atoms with Gasteiger partial charge in [-0.3, -0.25) is 14.4 Å². The van der Waals surface area contributed by atoms with Crippen molar-refractivity contribution in [1.29, 1.82) is 0 Å². The van der Waals surface area contributed by atoms with Crippen molar-refractivity contribution >= 4 is 17.7 Å². The average molecular weight is 444 g/mol. The fraction of sp³-hybridized carbons (Fsp3) is 0.640. The molecule has 7 nitrogen and oxygen atoms in total. The van der Waals surface area contributed by atoms with Crippen LogP contribution >= 0.6 is 0 Å². The molecule has 2 heterocycles. The van der Waals surface area contributed by atoms with Crippen LogP contribution in [0, 0.1) is 26.7 Å². The zero-order valence-corrected chi connectivity index (χ0v) is 20.3. The lowest BCUT2D eigenvalue weighted by Crippen LogP contribution is -2.49. The minimum Gasteiger partial charge on any atom is -0.483 e. The van der Waals surface area contributed by atoms with E-state index in [4.69, 9.17) is 4.74 Å². The van der Waals surface area contributed by atoms with Crippen molar-refractivity contribution in [3.63, 3.8) is 0 Å². The molecule has 0 spiro atoms. The van der Waals surface area contributed by atoms with Crippen LogP contribution in [0.4, 0.5) is 0 Å². The third-order valence-corrected chi connectivity index (χ3v) is 6.71. The summed E-state index contributed by atoms with van der Waals surface area (Å²) in [4.78, 5) is 41.2. The zero-order valence-electron chi connectivity index (χ0n) is 20.3. The van der Waals surface area contributed by atoms with E-state index in [-0.39, 0.29) is 48.2 Å². The summed E-state index contributed by atoms with van der Waals surface area (Å²) in [6.07, 6.45) is 1.70. The third-order valence-electron chi connectivity index (χ3n) is 6.71. The Balaban J connectivity index is 1.45. The van der Waals surface area contributed by atoms with Gasteiger partial charge in [-0.05, 0) is 71.1 Å². The van der Waals surface area contributed by atoms with E-state index >= 15 is 0 Å². The predicted octanol–water partition coefficient (Wildman–Crippen LogP) is 2.74. The van der Waals surface area contributed by atoms with E-state index in [1.165, 1.54) is 0 Å². The van der Waals surface area contributed by atoms with Crippen molar-refractivity contribution < 1.29 is 19.1 Å². The van der Waals surface area contributed by atoms with Gasteiger partial charge in [0.05, 0.1) is 5.92 Å². The Morgan fingerprint density at radius 2 is 1.72 bits per heavy atom. The highest BCUT2D eigenvalue weighted by Crippen LogP contribution is 2.27. The maximum absolute atomic E-state index is 12.7. The van der Waals surface area contributed by atoms with Crippen molar-refractivity contribution in [1.82, 2.24) is 15.1 Å². The van der Waals surface area contributed by atoms with Crippen molar-refractivity contribution in [3.8, 4) is 5.75 Å². The summed E-state index contributed by atoms with van der Waals surface area (Å²) in [5.41, 5.74) is 2.96. The number of nitrogens with one attached hydrogen (secondary N) is 1. The molecule has 0 aromatic heterocycles. The van der Waals surface area contributed by atoms with Crippen LogP contribution in [0.1, 0.15) is 56.7 Å².